The summed E-state index contributed by atoms with van der Waals surface area (Å²) in [6.07, 6.45) is 2.05. The first-order chi connectivity index (χ1) is 5.84. The number of rotatable bonds is 3. The van der Waals surface area contributed by atoms with E-state index >= 15 is 0 Å². The van der Waals surface area contributed by atoms with Crippen LogP contribution in [0.25, 0.3) is 5.57 Å². The van der Waals surface area contributed by atoms with E-state index < -0.39 is 0 Å². The molecule has 0 aliphatic carbocycles. The van der Waals surface area contributed by atoms with Crippen LogP contribution in [0.15, 0.2) is 36.5 Å². The third-order valence-corrected chi connectivity index (χ3v) is 1.75. The Bertz CT molecular complexity index is 249. The van der Waals surface area contributed by atoms with Gasteiger partial charge >= 0.3 is 0 Å². The molecule has 0 fully saturated rings. The molecule has 0 atom stereocenters. The molecule has 0 aromatic heterocycles. The van der Waals surface area contributed by atoms with E-state index in [1.54, 1.807) is 0 Å². The van der Waals surface area contributed by atoms with Gasteiger partial charge in [0.25, 0.3) is 0 Å². The predicted molar refractivity (Wildman–Crippen MR) is 53.8 cm³/mol. The molecule has 64 valence electrons. The van der Waals surface area contributed by atoms with Gasteiger partial charge in [0.2, 0.25) is 0 Å². The second-order valence-electron chi connectivity index (χ2n) is 2.75. The van der Waals surface area contributed by atoms with Gasteiger partial charge < -0.3 is 5.32 Å². The van der Waals surface area contributed by atoms with Crippen LogP contribution in [-0.2, 0) is 0 Å². The van der Waals surface area contributed by atoms with Gasteiger partial charge in [0.05, 0.1) is 0 Å². The number of nitrogens with one attached hydrogen (secondary N) is 1. The Kier molecular flexibility index (Phi) is 3.39. The molecule has 0 aliphatic heterocycles. The van der Waals surface area contributed by atoms with E-state index in [4.69, 9.17) is 0 Å². The van der Waals surface area contributed by atoms with Crippen molar-refractivity contribution >= 4 is 5.57 Å². The molecule has 0 spiro atoms. The zero-order valence-corrected chi connectivity index (χ0v) is 7.67. The topological polar surface area (TPSA) is 12.0 Å². The zero-order chi connectivity index (χ0) is 8.81. The number of allylic oxidation sites excluding steroid dienone is 1. The van der Waals surface area contributed by atoms with Crippen LogP contribution in [0.2, 0.25) is 0 Å². The highest BCUT2D eigenvalue weighted by atomic mass is 14.8. The van der Waals surface area contributed by atoms with Crippen molar-refractivity contribution in [2.45, 2.75) is 13.8 Å². The van der Waals surface area contributed by atoms with Crippen molar-refractivity contribution < 1.29 is 0 Å². The van der Waals surface area contributed by atoms with E-state index in [1.807, 2.05) is 6.07 Å². The van der Waals surface area contributed by atoms with E-state index in [0.29, 0.717) is 0 Å². The van der Waals surface area contributed by atoms with Gasteiger partial charge in [0.1, 0.15) is 0 Å². The molecular formula is C11H15N. The minimum Gasteiger partial charge on any atom is -0.391 e. The molecule has 0 bridgehead atoms. The first kappa shape index (κ1) is 8.85. The highest BCUT2D eigenvalue weighted by Gasteiger charge is 1.90. The normalized spacial score (nSPS) is 11.3. The molecule has 0 heterocycles. The molecule has 1 rings (SSSR count). The Morgan fingerprint density at radius 3 is 2.58 bits per heavy atom. The summed E-state index contributed by atoms with van der Waals surface area (Å²) in [6.45, 7) is 5.18. The summed E-state index contributed by atoms with van der Waals surface area (Å²) >= 11 is 0. The van der Waals surface area contributed by atoms with Crippen LogP contribution in [-0.4, -0.2) is 6.54 Å². The van der Waals surface area contributed by atoms with E-state index in [-0.39, 0.29) is 0 Å². The van der Waals surface area contributed by atoms with Crippen molar-refractivity contribution in [1.29, 1.82) is 0 Å². The Morgan fingerprint density at radius 1 is 1.33 bits per heavy atom. The summed E-state index contributed by atoms with van der Waals surface area (Å²) in [5.74, 6) is 0. The Balaban J connectivity index is 2.71. The third-order valence-electron chi connectivity index (χ3n) is 1.75. The molecule has 0 unspecified atom stereocenters. The Morgan fingerprint density at radius 2 is 2.00 bits per heavy atom. The van der Waals surface area contributed by atoms with Gasteiger partial charge in [0, 0.05) is 6.54 Å². The Hall–Kier alpha value is -1.24. The lowest BCUT2D eigenvalue weighted by Gasteiger charge is -2.01. The number of hydrogen-bond acceptors (Lipinski definition) is 1. The summed E-state index contributed by atoms with van der Waals surface area (Å²) in [5.41, 5.74) is 2.55. The van der Waals surface area contributed by atoms with Crippen LogP contribution in [0, 0.1) is 0 Å². The van der Waals surface area contributed by atoms with Crippen molar-refractivity contribution in [3.8, 4) is 0 Å². The highest BCUT2D eigenvalue weighted by molar-refractivity contribution is 5.62. The fraction of sp³-hybridized carbons (Fsp3) is 0.273. The van der Waals surface area contributed by atoms with Crippen molar-refractivity contribution in [3.05, 3.63) is 42.1 Å². The first-order valence-electron chi connectivity index (χ1n) is 4.30. The highest BCUT2D eigenvalue weighted by Crippen LogP contribution is 2.10. The monoisotopic (exact) mass is 161 g/mol. The van der Waals surface area contributed by atoms with Gasteiger partial charge in [0.15, 0.2) is 0 Å². The summed E-state index contributed by atoms with van der Waals surface area (Å²) in [6, 6.07) is 10.4. The fourth-order valence-electron chi connectivity index (χ4n) is 1.04. The second kappa shape index (κ2) is 4.60. The van der Waals surface area contributed by atoms with E-state index in [1.165, 1.54) is 11.1 Å². The summed E-state index contributed by atoms with van der Waals surface area (Å²) < 4.78 is 0. The molecular weight excluding hydrogens is 146 g/mol. The van der Waals surface area contributed by atoms with Gasteiger partial charge in [-0.05, 0) is 31.2 Å². The van der Waals surface area contributed by atoms with Gasteiger partial charge in [-0.2, -0.15) is 0 Å². The van der Waals surface area contributed by atoms with E-state index in [9.17, 15) is 0 Å². The first-order valence-corrected chi connectivity index (χ1v) is 4.30. The largest absolute Gasteiger partial charge is 0.391 e. The smallest absolute Gasteiger partial charge is 0.0113 e. The Labute approximate surface area is 74.1 Å². The van der Waals surface area contributed by atoms with Crippen LogP contribution < -0.4 is 5.32 Å². The lowest BCUT2D eigenvalue weighted by Crippen LogP contribution is -2.02. The third kappa shape index (κ3) is 2.42. The van der Waals surface area contributed by atoms with Gasteiger partial charge in [-0.3, -0.25) is 0 Å². The minimum atomic E-state index is 0.976. The average Bonchev–Trinajstić information content (AvgIpc) is 2.15. The molecule has 0 saturated carbocycles. The number of hydrogen-bond donors (Lipinski definition) is 1. The van der Waals surface area contributed by atoms with Gasteiger partial charge in [-0.15, -0.1) is 0 Å². The van der Waals surface area contributed by atoms with Gasteiger partial charge in [-0.1, -0.05) is 30.3 Å². The van der Waals surface area contributed by atoms with Crippen molar-refractivity contribution in [2.75, 3.05) is 6.54 Å². The lowest BCUT2D eigenvalue weighted by molar-refractivity contribution is 0.920. The molecule has 1 heteroatoms. The van der Waals surface area contributed by atoms with Gasteiger partial charge in [-0.25, -0.2) is 0 Å². The van der Waals surface area contributed by atoms with Crippen LogP contribution in [0.3, 0.4) is 0 Å². The van der Waals surface area contributed by atoms with E-state index in [2.05, 4.69) is 49.6 Å². The van der Waals surface area contributed by atoms with Crippen molar-refractivity contribution in [1.82, 2.24) is 5.32 Å². The summed E-state index contributed by atoms with van der Waals surface area (Å²) in [5, 5.41) is 3.18. The van der Waals surface area contributed by atoms with Crippen LogP contribution in [0.4, 0.5) is 0 Å². The second-order valence-corrected chi connectivity index (χ2v) is 2.75. The SMILES string of the molecule is CCNC=C(C)c1ccccc1. The van der Waals surface area contributed by atoms with Crippen molar-refractivity contribution in [2.24, 2.45) is 0 Å². The minimum absolute atomic E-state index is 0.976. The molecule has 0 saturated heterocycles. The molecule has 0 amide bonds. The molecule has 0 aliphatic rings. The lowest BCUT2D eigenvalue weighted by atomic mass is 10.1. The van der Waals surface area contributed by atoms with Crippen LogP contribution in [0.5, 0.6) is 0 Å². The molecule has 1 aromatic rings. The van der Waals surface area contributed by atoms with E-state index in [0.717, 1.165) is 6.54 Å². The van der Waals surface area contributed by atoms with Crippen molar-refractivity contribution in [3.63, 3.8) is 0 Å². The number of benzene rings is 1. The molecule has 1 N–H and O–H groups in total. The maximum Gasteiger partial charge on any atom is 0.0113 e. The summed E-state index contributed by atoms with van der Waals surface area (Å²) in [4.78, 5) is 0. The zero-order valence-electron chi connectivity index (χ0n) is 7.67. The maximum absolute atomic E-state index is 3.18. The maximum atomic E-state index is 3.18. The average molecular weight is 161 g/mol. The predicted octanol–water partition coefficient (Wildman–Crippen LogP) is 2.66. The molecule has 1 nitrogen and oxygen atoms in total. The molecule has 12 heavy (non-hydrogen) atoms. The summed E-state index contributed by atoms with van der Waals surface area (Å²) in [7, 11) is 0. The standard InChI is InChI=1S/C11H15N/c1-3-12-9-10(2)11-7-5-4-6-8-11/h4-9,12H,3H2,1-2H3. The van der Waals surface area contributed by atoms with Crippen LogP contribution in [0.1, 0.15) is 19.4 Å². The molecule has 1 aromatic carbocycles. The quantitative estimate of drug-likeness (QED) is 0.718. The van der Waals surface area contributed by atoms with Crippen LogP contribution >= 0.6 is 0 Å². The molecule has 0 radical (unpaired) electrons. The fourth-order valence-corrected chi connectivity index (χ4v) is 1.04.